The third kappa shape index (κ3) is 2.35. The Morgan fingerprint density at radius 1 is 1.71 bits per heavy atom. The fourth-order valence-corrected chi connectivity index (χ4v) is 1.23. The van der Waals surface area contributed by atoms with Crippen LogP contribution in [0.1, 0.15) is 28.8 Å². The largest absolute Gasteiger partial charge is 0.475 e. The zero-order valence-electron chi connectivity index (χ0n) is 8.41. The molecule has 0 aliphatic carbocycles. The maximum atomic E-state index is 10.6. The Kier molecular flexibility index (Phi) is 3.30. The predicted octanol–water partition coefficient (Wildman–Crippen LogP) is 1.42. The van der Waals surface area contributed by atoms with Crippen molar-refractivity contribution in [3.05, 3.63) is 23.2 Å². The Balaban J connectivity index is 2.82. The van der Waals surface area contributed by atoms with E-state index in [2.05, 4.69) is 0 Å². The minimum atomic E-state index is -1.03. The van der Waals surface area contributed by atoms with Crippen molar-refractivity contribution < 1.29 is 14.3 Å². The Morgan fingerprint density at radius 2 is 2.36 bits per heavy atom. The lowest BCUT2D eigenvalue weighted by Crippen LogP contribution is -2.13. The first kappa shape index (κ1) is 10.8. The van der Waals surface area contributed by atoms with Crippen LogP contribution in [0.4, 0.5) is 0 Å². The molecule has 1 aromatic heterocycles. The Hall–Kier alpha value is -1.29. The van der Waals surface area contributed by atoms with Crippen LogP contribution < -0.4 is 5.73 Å². The van der Waals surface area contributed by atoms with Crippen molar-refractivity contribution in [1.29, 1.82) is 0 Å². The number of aryl methyl sites for hydroxylation is 1. The molecule has 0 amide bonds. The molecule has 0 fully saturated rings. The first-order chi connectivity index (χ1) is 6.54. The van der Waals surface area contributed by atoms with Crippen molar-refractivity contribution in [3.8, 4) is 0 Å². The molecule has 0 aromatic carbocycles. The molecule has 0 saturated heterocycles. The highest BCUT2D eigenvalue weighted by Gasteiger charge is 2.14. The lowest BCUT2D eigenvalue weighted by Gasteiger charge is -2.05. The van der Waals surface area contributed by atoms with E-state index in [1.807, 2.05) is 13.8 Å². The SMILES string of the molecule is Cc1cc(C(=O)O)oc1CC(C)CN. The van der Waals surface area contributed by atoms with Crippen molar-refractivity contribution in [2.75, 3.05) is 6.54 Å². The van der Waals surface area contributed by atoms with Gasteiger partial charge >= 0.3 is 5.97 Å². The van der Waals surface area contributed by atoms with E-state index in [0.29, 0.717) is 18.9 Å². The molecule has 1 aromatic rings. The summed E-state index contributed by atoms with van der Waals surface area (Å²) in [5.74, 6) is 0.00307. The minimum Gasteiger partial charge on any atom is -0.475 e. The number of nitrogens with two attached hydrogens (primary N) is 1. The van der Waals surface area contributed by atoms with Gasteiger partial charge in [0.1, 0.15) is 5.76 Å². The molecule has 0 aliphatic rings. The van der Waals surface area contributed by atoms with Crippen LogP contribution in [0.2, 0.25) is 0 Å². The third-order valence-corrected chi connectivity index (χ3v) is 2.17. The zero-order valence-corrected chi connectivity index (χ0v) is 8.41. The summed E-state index contributed by atoms with van der Waals surface area (Å²) in [5, 5.41) is 8.70. The van der Waals surface area contributed by atoms with Crippen molar-refractivity contribution in [1.82, 2.24) is 0 Å². The number of carboxylic acid groups (broad SMARTS) is 1. The average Bonchev–Trinajstić information content (AvgIpc) is 2.48. The van der Waals surface area contributed by atoms with Crippen LogP contribution in [-0.4, -0.2) is 17.6 Å². The summed E-state index contributed by atoms with van der Waals surface area (Å²) in [6.45, 7) is 4.42. The van der Waals surface area contributed by atoms with Gasteiger partial charge in [0.25, 0.3) is 0 Å². The summed E-state index contributed by atoms with van der Waals surface area (Å²) in [4.78, 5) is 10.6. The minimum absolute atomic E-state index is 0.00159. The molecule has 3 N–H and O–H groups in total. The molecular weight excluding hydrogens is 182 g/mol. The molecule has 78 valence electrons. The number of furan rings is 1. The molecule has 1 unspecified atom stereocenters. The number of carboxylic acids is 1. The van der Waals surface area contributed by atoms with E-state index in [4.69, 9.17) is 15.3 Å². The number of rotatable bonds is 4. The molecule has 0 bridgehead atoms. The van der Waals surface area contributed by atoms with Crippen molar-refractivity contribution in [2.24, 2.45) is 11.7 Å². The average molecular weight is 197 g/mol. The van der Waals surface area contributed by atoms with E-state index in [9.17, 15) is 4.79 Å². The summed E-state index contributed by atoms with van der Waals surface area (Å²) >= 11 is 0. The normalized spacial score (nSPS) is 12.8. The first-order valence-electron chi connectivity index (χ1n) is 4.57. The van der Waals surface area contributed by atoms with E-state index in [0.717, 1.165) is 11.3 Å². The summed E-state index contributed by atoms with van der Waals surface area (Å²) in [5.41, 5.74) is 6.36. The van der Waals surface area contributed by atoms with Crippen molar-refractivity contribution >= 4 is 5.97 Å². The van der Waals surface area contributed by atoms with Crippen molar-refractivity contribution in [2.45, 2.75) is 20.3 Å². The summed E-state index contributed by atoms with van der Waals surface area (Å²) in [7, 11) is 0. The third-order valence-electron chi connectivity index (χ3n) is 2.17. The van der Waals surface area contributed by atoms with Gasteiger partial charge in [-0.2, -0.15) is 0 Å². The first-order valence-corrected chi connectivity index (χ1v) is 4.57. The van der Waals surface area contributed by atoms with Gasteiger partial charge in [0.2, 0.25) is 5.76 Å². The molecule has 4 heteroatoms. The second-order valence-electron chi connectivity index (χ2n) is 3.57. The van der Waals surface area contributed by atoms with Crippen LogP contribution in [0.3, 0.4) is 0 Å². The number of carbonyl (C=O) groups is 1. The van der Waals surface area contributed by atoms with Gasteiger partial charge in [-0.3, -0.25) is 0 Å². The molecule has 0 spiro atoms. The highest BCUT2D eigenvalue weighted by Crippen LogP contribution is 2.17. The highest BCUT2D eigenvalue weighted by molar-refractivity contribution is 5.84. The van der Waals surface area contributed by atoms with E-state index in [1.54, 1.807) is 6.07 Å². The maximum absolute atomic E-state index is 10.6. The molecule has 1 rings (SSSR count). The monoisotopic (exact) mass is 197 g/mol. The van der Waals surface area contributed by atoms with Crippen LogP contribution in [0, 0.1) is 12.8 Å². The second kappa shape index (κ2) is 4.28. The van der Waals surface area contributed by atoms with E-state index < -0.39 is 5.97 Å². The van der Waals surface area contributed by atoms with Gasteiger partial charge in [-0.05, 0) is 31.0 Å². The van der Waals surface area contributed by atoms with E-state index >= 15 is 0 Å². The lowest BCUT2D eigenvalue weighted by atomic mass is 10.0. The summed E-state index contributed by atoms with van der Waals surface area (Å²) < 4.78 is 5.19. The van der Waals surface area contributed by atoms with Gasteiger partial charge in [0.05, 0.1) is 0 Å². The Labute approximate surface area is 82.7 Å². The Bertz CT molecular complexity index is 330. The summed E-state index contributed by atoms with van der Waals surface area (Å²) in [6, 6.07) is 1.54. The van der Waals surface area contributed by atoms with Gasteiger partial charge in [-0.1, -0.05) is 6.92 Å². The maximum Gasteiger partial charge on any atom is 0.371 e. The molecule has 1 heterocycles. The molecule has 4 nitrogen and oxygen atoms in total. The van der Waals surface area contributed by atoms with Crippen LogP contribution in [0.15, 0.2) is 10.5 Å². The van der Waals surface area contributed by atoms with Gasteiger partial charge in [-0.25, -0.2) is 4.79 Å². The molecule has 0 saturated carbocycles. The van der Waals surface area contributed by atoms with Crippen LogP contribution in [0.25, 0.3) is 0 Å². The quantitative estimate of drug-likeness (QED) is 0.765. The topological polar surface area (TPSA) is 76.5 Å². The standard InChI is InChI=1S/C10H15NO3/c1-6(5-11)3-8-7(2)4-9(14-8)10(12)13/h4,6H,3,5,11H2,1-2H3,(H,12,13). The highest BCUT2D eigenvalue weighted by atomic mass is 16.4. The van der Waals surface area contributed by atoms with Gasteiger partial charge in [0, 0.05) is 6.42 Å². The molecule has 14 heavy (non-hydrogen) atoms. The lowest BCUT2D eigenvalue weighted by molar-refractivity contribution is 0.0660. The Morgan fingerprint density at radius 3 is 2.79 bits per heavy atom. The molecule has 0 aliphatic heterocycles. The van der Waals surface area contributed by atoms with Crippen molar-refractivity contribution in [3.63, 3.8) is 0 Å². The van der Waals surface area contributed by atoms with Crippen LogP contribution >= 0.6 is 0 Å². The molecule has 0 radical (unpaired) electrons. The second-order valence-corrected chi connectivity index (χ2v) is 3.57. The molecular formula is C10H15NO3. The fourth-order valence-electron chi connectivity index (χ4n) is 1.23. The van der Waals surface area contributed by atoms with Gasteiger partial charge in [-0.15, -0.1) is 0 Å². The number of aromatic carboxylic acids is 1. The van der Waals surface area contributed by atoms with Crippen LogP contribution in [0.5, 0.6) is 0 Å². The zero-order chi connectivity index (χ0) is 10.7. The molecule has 1 atom stereocenters. The predicted molar refractivity (Wildman–Crippen MR) is 52.3 cm³/mol. The smallest absolute Gasteiger partial charge is 0.371 e. The van der Waals surface area contributed by atoms with E-state index in [1.165, 1.54) is 0 Å². The number of hydrogen-bond acceptors (Lipinski definition) is 3. The number of hydrogen-bond donors (Lipinski definition) is 2. The van der Waals surface area contributed by atoms with Gasteiger partial charge < -0.3 is 15.3 Å². The van der Waals surface area contributed by atoms with E-state index in [-0.39, 0.29) is 5.76 Å². The van der Waals surface area contributed by atoms with Gasteiger partial charge in [0.15, 0.2) is 0 Å². The van der Waals surface area contributed by atoms with Crippen LogP contribution in [-0.2, 0) is 6.42 Å². The summed E-state index contributed by atoms with van der Waals surface area (Å²) in [6.07, 6.45) is 0.690. The fraction of sp³-hybridized carbons (Fsp3) is 0.500.